The molecule has 0 bridgehead atoms. The number of aliphatic hydroxyl groups is 1. The summed E-state index contributed by atoms with van der Waals surface area (Å²) in [6, 6.07) is 0. The van der Waals surface area contributed by atoms with Gasteiger partial charge < -0.3 is 14.7 Å². The van der Waals surface area contributed by atoms with Crippen molar-refractivity contribution in [1.29, 1.82) is 0 Å². The van der Waals surface area contributed by atoms with E-state index in [0.717, 1.165) is 13.0 Å². The Balaban J connectivity index is 1.59. The first-order valence-corrected chi connectivity index (χ1v) is 6.13. The lowest BCUT2D eigenvalue weighted by Crippen LogP contribution is -2.55. The van der Waals surface area contributed by atoms with Crippen LogP contribution < -0.4 is 0 Å². The summed E-state index contributed by atoms with van der Waals surface area (Å²) in [6.45, 7) is 4.05. The SMILES string of the molecule is COCC(O)CCN1CC2(CCCC2)C1. The Morgan fingerprint density at radius 1 is 1.33 bits per heavy atom. The lowest BCUT2D eigenvalue weighted by Gasteiger charge is -2.48. The monoisotopic (exact) mass is 213 g/mol. The maximum absolute atomic E-state index is 9.52. The van der Waals surface area contributed by atoms with Gasteiger partial charge in [-0.05, 0) is 24.7 Å². The number of likely N-dealkylation sites (tertiary alicyclic amines) is 1. The van der Waals surface area contributed by atoms with Gasteiger partial charge in [-0.15, -0.1) is 0 Å². The van der Waals surface area contributed by atoms with Crippen molar-refractivity contribution in [1.82, 2.24) is 4.90 Å². The molecule has 0 aromatic heterocycles. The van der Waals surface area contributed by atoms with E-state index in [0.29, 0.717) is 12.0 Å². The molecular weight excluding hydrogens is 190 g/mol. The third kappa shape index (κ3) is 2.71. The van der Waals surface area contributed by atoms with Crippen LogP contribution in [0.4, 0.5) is 0 Å². The first kappa shape index (κ1) is 11.4. The molecule has 3 heteroatoms. The standard InChI is InChI=1S/C12H23NO2/c1-15-8-11(14)4-7-13-9-12(10-13)5-2-3-6-12/h11,14H,2-10H2,1H3. The van der Waals surface area contributed by atoms with Crippen molar-refractivity contribution in [3.8, 4) is 0 Å². The number of hydrogen-bond acceptors (Lipinski definition) is 3. The summed E-state index contributed by atoms with van der Waals surface area (Å²) in [5.74, 6) is 0. The zero-order valence-corrected chi connectivity index (χ0v) is 9.74. The fourth-order valence-corrected chi connectivity index (χ4v) is 3.11. The fraction of sp³-hybridized carbons (Fsp3) is 1.00. The van der Waals surface area contributed by atoms with Gasteiger partial charge in [0.2, 0.25) is 0 Å². The molecule has 15 heavy (non-hydrogen) atoms. The molecule has 1 saturated heterocycles. The Labute approximate surface area is 92.4 Å². The van der Waals surface area contributed by atoms with Crippen LogP contribution in [-0.4, -0.2) is 49.5 Å². The highest BCUT2D eigenvalue weighted by atomic mass is 16.5. The normalized spacial score (nSPS) is 26.8. The minimum atomic E-state index is -0.282. The van der Waals surface area contributed by atoms with E-state index < -0.39 is 0 Å². The van der Waals surface area contributed by atoms with E-state index in [2.05, 4.69) is 4.90 Å². The molecule has 1 N–H and O–H groups in total. The summed E-state index contributed by atoms with van der Waals surface area (Å²) < 4.78 is 4.91. The zero-order chi connectivity index (χ0) is 10.7. The first-order valence-electron chi connectivity index (χ1n) is 6.13. The molecule has 0 amide bonds. The molecule has 3 nitrogen and oxygen atoms in total. The number of rotatable bonds is 5. The molecule has 1 saturated carbocycles. The number of hydrogen-bond donors (Lipinski definition) is 1. The summed E-state index contributed by atoms with van der Waals surface area (Å²) in [5, 5.41) is 9.52. The van der Waals surface area contributed by atoms with Crippen molar-refractivity contribution in [3.05, 3.63) is 0 Å². The van der Waals surface area contributed by atoms with Gasteiger partial charge in [0, 0.05) is 26.7 Å². The third-order valence-electron chi connectivity index (χ3n) is 3.92. The Morgan fingerprint density at radius 3 is 2.60 bits per heavy atom. The van der Waals surface area contributed by atoms with Crippen LogP contribution in [0.15, 0.2) is 0 Å². The zero-order valence-electron chi connectivity index (χ0n) is 9.74. The smallest absolute Gasteiger partial charge is 0.0785 e. The Hall–Kier alpha value is -0.120. The fourth-order valence-electron chi connectivity index (χ4n) is 3.11. The summed E-state index contributed by atoms with van der Waals surface area (Å²) in [6.07, 6.45) is 6.30. The lowest BCUT2D eigenvalue weighted by atomic mass is 9.78. The maximum Gasteiger partial charge on any atom is 0.0785 e. The van der Waals surface area contributed by atoms with Gasteiger partial charge in [0.25, 0.3) is 0 Å². The summed E-state index contributed by atoms with van der Waals surface area (Å²) in [7, 11) is 1.64. The van der Waals surface area contributed by atoms with Crippen molar-refractivity contribution >= 4 is 0 Å². The van der Waals surface area contributed by atoms with Gasteiger partial charge in [0.15, 0.2) is 0 Å². The van der Waals surface area contributed by atoms with E-state index in [9.17, 15) is 5.11 Å². The van der Waals surface area contributed by atoms with Crippen LogP contribution in [-0.2, 0) is 4.74 Å². The van der Waals surface area contributed by atoms with Gasteiger partial charge in [-0.1, -0.05) is 12.8 Å². The molecule has 0 aromatic rings. The van der Waals surface area contributed by atoms with Crippen LogP contribution in [0.25, 0.3) is 0 Å². The highest BCUT2D eigenvalue weighted by Crippen LogP contribution is 2.45. The van der Waals surface area contributed by atoms with E-state index >= 15 is 0 Å². The van der Waals surface area contributed by atoms with Crippen LogP contribution in [0.3, 0.4) is 0 Å². The summed E-state index contributed by atoms with van der Waals surface area (Å²) in [4.78, 5) is 2.48. The molecule has 1 heterocycles. The number of aliphatic hydroxyl groups excluding tert-OH is 1. The predicted octanol–water partition coefficient (Wildman–Crippen LogP) is 1.26. The van der Waals surface area contributed by atoms with Gasteiger partial charge >= 0.3 is 0 Å². The first-order chi connectivity index (χ1) is 7.24. The van der Waals surface area contributed by atoms with Gasteiger partial charge in [-0.25, -0.2) is 0 Å². The predicted molar refractivity (Wildman–Crippen MR) is 59.8 cm³/mol. The second-order valence-corrected chi connectivity index (χ2v) is 5.32. The summed E-state index contributed by atoms with van der Waals surface area (Å²) in [5.41, 5.74) is 0.687. The average Bonchev–Trinajstić information content (AvgIpc) is 2.62. The van der Waals surface area contributed by atoms with Crippen LogP contribution in [0.5, 0.6) is 0 Å². The molecule has 1 unspecified atom stereocenters. The highest BCUT2D eigenvalue weighted by molar-refractivity contribution is 4.97. The molecule has 1 atom stereocenters. The van der Waals surface area contributed by atoms with Crippen LogP contribution in [0.1, 0.15) is 32.1 Å². The molecule has 2 rings (SSSR count). The minimum absolute atomic E-state index is 0.282. The molecule has 1 aliphatic carbocycles. The average molecular weight is 213 g/mol. The second kappa shape index (κ2) is 4.81. The molecule has 0 radical (unpaired) electrons. The van der Waals surface area contributed by atoms with Crippen molar-refractivity contribution in [2.24, 2.45) is 5.41 Å². The van der Waals surface area contributed by atoms with E-state index in [1.165, 1.54) is 38.8 Å². The third-order valence-corrected chi connectivity index (χ3v) is 3.92. The molecule has 1 spiro atoms. The molecule has 2 fully saturated rings. The van der Waals surface area contributed by atoms with Crippen LogP contribution >= 0.6 is 0 Å². The minimum Gasteiger partial charge on any atom is -0.391 e. The number of nitrogens with zero attached hydrogens (tertiary/aromatic N) is 1. The van der Waals surface area contributed by atoms with Crippen molar-refractivity contribution in [2.75, 3.05) is 33.4 Å². The Bertz CT molecular complexity index is 194. The van der Waals surface area contributed by atoms with Crippen molar-refractivity contribution < 1.29 is 9.84 Å². The van der Waals surface area contributed by atoms with Crippen LogP contribution in [0, 0.1) is 5.41 Å². The molecule has 1 aliphatic heterocycles. The molecule has 2 aliphatic rings. The second-order valence-electron chi connectivity index (χ2n) is 5.32. The lowest BCUT2D eigenvalue weighted by molar-refractivity contribution is -0.0119. The van der Waals surface area contributed by atoms with Crippen molar-refractivity contribution in [2.45, 2.75) is 38.2 Å². The molecule has 88 valence electrons. The quantitative estimate of drug-likeness (QED) is 0.746. The van der Waals surface area contributed by atoms with E-state index in [1.807, 2.05) is 0 Å². The Kier molecular flexibility index (Phi) is 3.65. The van der Waals surface area contributed by atoms with Gasteiger partial charge in [0.1, 0.15) is 0 Å². The maximum atomic E-state index is 9.52. The van der Waals surface area contributed by atoms with E-state index in [1.54, 1.807) is 7.11 Å². The molecular formula is C12H23NO2. The topological polar surface area (TPSA) is 32.7 Å². The van der Waals surface area contributed by atoms with E-state index in [4.69, 9.17) is 4.74 Å². The van der Waals surface area contributed by atoms with Crippen molar-refractivity contribution in [3.63, 3.8) is 0 Å². The van der Waals surface area contributed by atoms with Gasteiger partial charge in [-0.3, -0.25) is 0 Å². The van der Waals surface area contributed by atoms with E-state index in [-0.39, 0.29) is 6.10 Å². The molecule has 0 aromatic carbocycles. The number of ether oxygens (including phenoxy) is 1. The highest BCUT2D eigenvalue weighted by Gasteiger charge is 2.44. The summed E-state index contributed by atoms with van der Waals surface area (Å²) >= 11 is 0. The van der Waals surface area contributed by atoms with Crippen LogP contribution in [0.2, 0.25) is 0 Å². The Morgan fingerprint density at radius 2 is 2.00 bits per heavy atom. The van der Waals surface area contributed by atoms with Gasteiger partial charge in [0.05, 0.1) is 12.7 Å². The van der Waals surface area contributed by atoms with Gasteiger partial charge in [-0.2, -0.15) is 0 Å². The largest absolute Gasteiger partial charge is 0.391 e. The number of methoxy groups -OCH3 is 1.